The third kappa shape index (κ3) is 4.06. The van der Waals surface area contributed by atoms with Crippen molar-refractivity contribution in [1.82, 2.24) is 10.4 Å². The van der Waals surface area contributed by atoms with Crippen LogP contribution in [0.25, 0.3) is 0 Å². The van der Waals surface area contributed by atoms with Crippen molar-refractivity contribution in [2.75, 3.05) is 7.11 Å². The molecule has 0 amide bonds. The quantitative estimate of drug-likeness (QED) is 0.588. The number of hydrogen-bond acceptors (Lipinski definition) is 4. The fourth-order valence-corrected chi connectivity index (χ4v) is 1.74. The van der Waals surface area contributed by atoms with Gasteiger partial charge < -0.3 is 4.74 Å². The van der Waals surface area contributed by atoms with Crippen LogP contribution in [0.1, 0.15) is 18.9 Å². The highest BCUT2D eigenvalue weighted by Gasteiger charge is 2.13. The van der Waals surface area contributed by atoms with E-state index in [1.165, 1.54) is 0 Å². The van der Waals surface area contributed by atoms with E-state index < -0.39 is 0 Å². The number of nitrogens with one attached hydrogen (secondary N) is 1. The molecule has 3 N–H and O–H groups in total. The molecule has 2 atom stereocenters. The molecule has 0 aliphatic heterocycles. The smallest absolute Gasteiger partial charge is 0.0621 e. The lowest BCUT2D eigenvalue weighted by molar-refractivity contribution is 0.100. The van der Waals surface area contributed by atoms with Crippen LogP contribution in [-0.2, 0) is 11.2 Å². The summed E-state index contributed by atoms with van der Waals surface area (Å²) in [4.78, 5) is 3.95. The molecule has 1 aromatic rings. The van der Waals surface area contributed by atoms with Gasteiger partial charge in [0.1, 0.15) is 0 Å². The summed E-state index contributed by atoms with van der Waals surface area (Å²) in [6.45, 7) is 2.01. The number of methoxy groups -OCH3 is 1. The molecule has 0 spiro atoms. The summed E-state index contributed by atoms with van der Waals surface area (Å²) in [5, 5.41) is 0.674. The molecule has 1 aromatic heterocycles. The summed E-state index contributed by atoms with van der Waals surface area (Å²) in [5.74, 6) is 5.51. The molecular weight excluding hydrogens is 226 g/mol. The summed E-state index contributed by atoms with van der Waals surface area (Å²) < 4.78 is 5.21. The van der Waals surface area contributed by atoms with Gasteiger partial charge in [-0.25, -0.2) is 0 Å². The van der Waals surface area contributed by atoms with Gasteiger partial charge in [0.2, 0.25) is 0 Å². The Morgan fingerprint density at radius 3 is 2.94 bits per heavy atom. The van der Waals surface area contributed by atoms with E-state index >= 15 is 0 Å². The first-order valence-corrected chi connectivity index (χ1v) is 5.62. The zero-order valence-corrected chi connectivity index (χ0v) is 10.4. The van der Waals surface area contributed by atoms with Gasteiger partial charge in [-0.1, -0.05) is 11.6 Å². The minimum atomic E-state index is 0.148. The molecule has 0 aliphatic carbocycles. The number of rotatable bonds is 6. The monoisotopic (exact) mass is 243 g/mol. The van der Waals surface area contributed by atoms with Crippen molar-refractivity contribution in [3.63, 3.8) is 0 Å². The molecule has 0 bridgehead atoms. The third-order valence-corrected chi connectivity index (χ3v) is 2.92. The zero-order chi connectivity index (χ0) is 12.0. The van der Waals surface area contributed by atoms with Gasteiger partial charge in [0.05, 0.1) is 11.1 Å². The number of ether oxygens (including phenoxy) is 1. The van der Waals surface area contributed by atoms with E-state index in [1.807, 2.05) is 13.0 Å². The van der Waals surface area contributed by atoms with Crippen LogP contribution >= 0.6 is 11.6 Å². The maximum absolute atomic E-state index is 6.03. The lowest BCUT2D eigenvalue weighted by Crippen LogP contribution is -2.39. The Kier molecular flexibility index (Phi) is 5.69. The van der Waals surface area contributed by atoms with Gasteiger partial charge in [-0.3, -0.25) is 16.3 Å². The van der Waals surface area contributed by atoms with Crippen molar-refractivity contribution in [2.24, 2.45) is 5.84 Å². The van der Waals surface area contributed by atoms with Crippen molar-refractivity contribution in [3.05, 3.63) is 29.0 Å². The first-order chi connectivity index (χ1) is 7.67. The summed E-state index contributed by atoms with van der Waals surface area (Å²) in [7, 11) is 1.69. The zero-order valence-electron chi connectivity index (χ0n) is 9.61. The van der Waals surface area contributed by atoms with E-state index in [0.29, 0.717) is 5.02 Å². The van der Waals surface area contributed by atoms with Crippen LogP contribution in [0.5, 0.6) is 0 Å². The van der Waals surface area contributed by atoms with E-state index in [1.54, 1.807) is 19.5 Å². The Bertz CT molecular complexity index is 322. The summed E-state index contributed by atoms with van der Waals surface area (Å²) in [6, 6.07) is 2.05. The second kappa shape index (κ2) is 6.81. The molecule has 5 heteroatoms. The molecule has 16 heavy (non-hydrogen) atoms. The Morgan fingerprint density at radius 1 is 1.62 bits per heavy atom. The molecular formula is C11H18ClN3O. The van der Waals surface area contributed by atoms with E-state index in [2.05, 4.69) is 10.4 Å². The van der Waals surface area contributed by atoms with Gasteiger partial charge >= 0.3 is 0 Å². The van der Waals surface area contributed by atoms with Crippen molar-refractivity contribution >= 4 is 11.6 Å². The summed E-state index contributed by atoms with van der Waals surface area (Å²) in [6.07, 6.45) is 5.15. The molecule has 0 aliphatic rings. The molecule has 0 saturated carbocycles. The lowest BCUT2D eigenvalue weighted by Gasteiger charge is -2.19. The molecule has 4 nitrogen and oxygen atoms in total. The van der Waals surface area contributed by atoms with Crippen molar-refractivity contribution in [3.8, 4) is 0 Å². The van der Waals surface area contributed by atoms with Gasteiger partial charge in [0.15, 0.2) is 0 Å². The van der Waals surface area contributed by atoms with E-state index in [0.717, 1.165) is 18.4 Å². The maximum atomic E-state index is 6.03. The van der Waals surface area contributed by atoms with E-state index in [-0.39, 0.29) is 12.1 Å². The highest BCUT2D eigenvalue weighted by atomic mass is 35.5. The minimum absolute atomic E-state index is 0.148. The van der Waals surface area contributed by atoms with Crippen molar-refractivity contribution in [2.45, 2.75) is 31.9 Å². The number of aromatic nitrogens is 1. The molecule has 1 rings (SSSR count). The second-order valence-corrected chi connectivity index (χ2v) is 4.22. The predicted octanol–water partition coefficient (Wildman–Crippen LogP) is 1.53. The molecule has 2 unspecified atom stereocenters. The normalized spacial score (nSPS) is 14.8. The third-order valence-electron chi connectivity index (χ3n) is 2.58. The van der Waals surface area contributed by atoms with Crippen molar-refractivity contribution in [1.29, 1.82) is 0 Å². The molecule has 0 saturated heterocycles. The van der Waals surface area contributed by atoms with Crippen LogP contribution in [0.4, 0.5) is 0 Å². The van der Waals surface area contributed by atoms with Crippen LogP contribution in [0.2, 0.25) is 5.02 Å². The molecule has 1 heterocycles. The summed E-state index contributed by atoms with van der Waals surface area (Å²) in [5.41, 5.74) is 3.83. The van der Waals surface area contributed by atoms with Crippen LogP contribution in [0.3, 0.4) is 0 Å². The number of hydrazine groups is 1. The fraction of sp³-hybridized carbons (Fsp3) is 0.545. The Morgan fingerprint density at radius 2 is 2.38 bits per heavy atom. The van der Waals surface area contributed by atoms with Crippen LogP contribution < -0.4 is 11.3 Å². The maximum Gasteiger partial charge on any atom is 0.0621 e. The number of hydrogen-bond donors (Lipinski definition) is 2. The standard InChI is InChI=1S/C11H18ClN3O/c1-8(16-2)5-10(15-13)6-9-3-4-14-7-11(9)12/h3-4,7-8,10,15H,5-6,13H2,1-2H3. The SMILES string of the molecule is COC(C)CC(Cc1ccncc1Cl)NN. The number of halogens is 1. The van der Waals surface area contributed by atoms with Gasteiger partial charge in [0, 0.05) is 25.5 Å². The highest BCUT2D eigenvalue weighted by Crippen LogP contribution is 2.16. The summed E-state index contributed by atoms with van der Waals surface area (Å²) >= 11 is 6.03. The van der Waals surface area contributed by atoms with E-state index in [4.69, 9.17) is 22.2 Å². The molecule has 0 aromatic carbocycles. The van der Waals surface area contributed by atoms with Crippen LogP contribution in [0.15, 0.2) is 18.5 Å². The average Bonchev–Trinajstić information content (AvgIpc) is 2.30. The van der Waals surface area contributed by atoms with Gasteiger partial charge in [-0.2, -0.15) is 0 Å². The predicted molar refractivity (Wildman–Crippen MR) is 65.2 cm³/mol. The molecule has 90 valence electrons. The fourth-order valence-electron chi connectivity index (χ4n) is 1.54. The first kappa shape index (κ1) is 13.4. The number of pyridine rings is 1. The van der Waals surface area contributed by atoms with E-state index in [9.17, 15) is 0 Å². The topological polar surface area (TPSA) is 60.2 Å². The first-order valence-electron chi connectivity index (χ1n) is 5.24. The number of nitrogens with zero attached hydrogens (tertiary/aromatic N) is 1. The van der Waals surface area contributed by atoms with Crippen LogP contribution in [0, 0.1) is 0 Å². The minimum Gasteiger partial charge on any atom is -0.382 e. The van der Waals surface area contributed by atoms with Crippen LogP contribution in [-0.4, -0.2) is 24.2 Å². The Hall–Kier alpha value is -0.680. The Balaban J connectivity index is 2.60. The average molecular weight is 244 g/mol. The molecule has 0 fully saturated rings. The largest absolute Gasteiger partial charge is 0.382 e. The highest BCUT2D eigenvalue weighted by molar-refractivity contribution is 6.31. The lowest BCUT2D eigenvalue weighted by atomic mass is 10.0. The number of nitrogens with two attached hydrogens (primary N) is 1. The second-order valence-electron chi connectivity index (χ2n) is 3.82. The van der Waals surface area contributed by atoms with Gasteiger partial charge in [0.25, 0.3) is 0 Å². The Labute approximate surface area is 101 Å². The van der Waals surface area contributed by atoms with Crippen molar-refractivity contribution < 1.29 is 4.74 Å². The molecule has 0 radical (unpaired) electrons. The van der Waals surface area contributed by atoms with Gasteiger partial charge in [-0.15, -0.1) is 0 Å². The van der Waals surface area contributed by atoms with Gasteiger partial charge in [-0.05, 0) is 31.4 Å².